The molecular formula is C10H11F5N2O2S. The number of nitrogen functional groups attached to an aromatic ring is 1. The van der Waals surface area contributed by atoms with Crippen molar-refractivity contribution in [1.82, 2.24) is 4.72 Å². The topological polar surface area (TPSA) is 72.2 Å². The van der Waals surface area contributed by atoms with Crippen LogP contribution < -0.4 is 10.5 Å². The summed E-state index contributed by atoms with van der Waals surface area (Å²) in [4.78, 5) is -0.914. The van der Waals surface area contributed by atoms with Gasteiger partial charge in [0.2, 0.25) is 10.0 Å². The van der Waals surface area contributed by atoms with Crippen LogP contribution >= 0.6 is 0 Å². The van der Waals surface area contributed by atoms with Crippen LogP contribution in [-0.2, 0) is 10.0 Å². The maximum Gasteiger partial charge on any atom is 0.389 e. The fourth-order valence-electron chi connectivity index (χ4n) is 1.32. The van der Waals surface area contributed by atoms with Gasteiger partial charge in [-0.1, -0.05) is 0 Å². The van der Waals surface area contributed by atoms with Gasteiger partial charge in [0.05, 0.1) is 5.69 Å². The number of anilines is 1. The highest BCUT2D eigenvalue weighted by molar-refractivity contribution is 7.89. The molecule has 0 aliphatic carbocycles. The maximum absolute atomic E-state index is 13.3. The lowest BCUT2D eigenvalue weighted by Crippen LogP contribution is -2.27. The first-order chi connectivity index (χ1) is 9.03. The van der Waals surface area contributed by atoms with Crippen LogP contribution in [0, 0.1) is 11.6 Å². The third-order valence-electron chi connectivity index (χ3n) is 2.27. The molecule has 0 aliphatic heterocycles. The van der Waals surface area contributed by atoms with E-state index in [-0.39, 0.29) is 0 Å². The van der Waals surface area contributed by atoms with Crippen LogP contribution in [0.1, 0.15) is 12.8 Å². The molecule has 0 spiro atoms. The van der Waals surface area contributed by atoms with Gasteiger partial charge < -0.3 is 5.73 Å². The fourth-order valence-corrected chi connectivity index (χ4v) is 2.49. The van der Waals surface area contributed by atoms with Crippen LogP contribution in [0.2, 0.25) is 0 Å². The highest BCUT2D eigenvalue weighted by Gasteiger charge is 2.27. The lowest BCUT2D eigenvalue weighted by atomic mass is 10.3. The summed E-state index contributed by atoms with van der Waals surface area (Å²) in [5.41, 5.74) is 4.53. The van der Waals surface area contributed by atoms with Crippen LogP contribution in [0.15, 0.2) is 17.0 Å². The van der Waals surface area contributed by atoms with E-state index in [1.807, 2.05) is 0 Å². The van der Waals surface area contributed by atoms with Crippen molar-refractivity contribution in [3.05, 3.63) is 23.8 Å². The number of nitrogens with two attached hydrogens (primary N) is 1. The molecule has 4 nitrogen and oxygen atoms in total. The average molecular weight is 318 g/mol. The van der Waals surface area contributed by atoms with Crippen LogP contribution in [-0.4, -0.2) is 21.1 Å². The van der Waals surface area contributed by atoms with Gasteiger partial charge in [-0.25, -0.2) is 21.9 Å². The van der Waals surface area contributed by atoms with Gasteiger partial charge in [0.15, 0.2) is 0 Å². The van der Waals surface area contributed by atoms with Crippen molar-refractivity contribution in [2.24, 2.45) is 0 Å². The predicted octanol–water partition coefficient (Wildman–Crippen LogP) is 2.17. The summed E-state index contributed by atoms with van der Waals surface area (Å²) in [5.74, 6) is -2.50. The van der Waals surface area contributed by atoms with E-state index in [0.717, 1.165) is 0 Å². The maximum atomic E-state index is 13.3. The van der Waals surface area contributed by atoms with E-state index in [2.05, 4.69) is 0 Å². The minimum Gasteiger partial charge on any atom is -0.396 e. The molecule has 0 amide bonds. The summed E-state index contributed by atoms with van der Waals surface area (Å²) in [6.45, 7) is -0.529. The zero-order valence-electron chi connectivity index (χ0n) is 9.97. The first-order valence-electron chi connectivity index (χ1n) is 5.34. The Balaban J connectivity index is 2.77. The number of nitrogens with one attached hydrogen (secondary N) is 1. The van der Waals surface area contributed by atoms with Crippen molar-refractivity contribution in [2.75, 3.05) is 12.3 Å². The van der Waals surface area contributed by atoms with E-state index in [4.69, 9.17) is 5.73 Å². The zero-order valence-corrected chi connectivity index (χ0v) is 10.8. The molecule has 0 bridgehead atoms. The molecular weight excluding hydrogens is 307 g/mol. The highest BCUT2D eigenvalue weighted by atomic mass is 32.2. The van der Waals surface area contributed by atoms with E-state index in [1.54, 1.807) is 4.72 Å². The second-order valence-electron chi connectivity index (χ2n) is 3.92. The normalized spacial score (nSPS) is 12.7. The van der Waals surface area contributed by atoms with Gasteiger partial charge in [-0.05, 0) is 12.5 Å². The van der Waals surface area contributed by atoms with E-state index >= 15 is 0 Å². The van der Waals surface area contributed by atoms with Gasteiger partial charge in [-0.3, -0.25) is 0 Å². The van der Waals surface area contributed by atoms with Crippen LogP contribution in [0.4, 0.5) is 27.6 Å². The molecule has 0 heterocycles. The van der Waals surface area contributed by atoms with Crippen LogP contribution in [0.25, 0.3) is 0 Å². The second-order valence-corrected chi connectivity index (χ2v) is 5.66. The summed E-state index contributed by atoms with van der Waals surface area (Å²) < 4.78 is 86.9. The van der Waals surface area contributed by atoms with Crippen molar-refractivity contribution in [1.29, 1.82) is 0 Å². The number of rotatable bonds is 5. The molecule has 0 aromatic heterocycles. The summed E-state index contributed by atoms with van der Waals surface area (Å²) in [7, 11) is -4.39. The van der Waals surface area contributed by atoms with Crippen LogP contribution in [0.3, 0.4) is 0 Å². The van der Waals surface area contributed by atoms with E-state index < -0.39 is 57.8 Å². The molecule has 3 N–H and O–H groups in total. The Kier molecular flexibility index (Phi) is 4.92. The Morgan fingerprint density at radius 1 is 1.15 bits per heavy atom. The van der Waals surface area contributed by atoms with Gasteiger partial charge in [0, 0.05) is 19.0 Å². The Hall–Kier alpha value is -1.42. The number of hydrogen-bond donors (Lipinski definition) is 2. The lowest BCUT2D eigenvalue weighted by molar-refractivity contribution is -0.135. The van der Waals surface area contributed by atoms with E-state index in [0.29, 0.717) is 12.1 Å². The molecule has 1 aromatic carbocycles. The predicted molar refractivity (Wildman–Crippen MR) is 61.2 cm³/mol. The monoisotopic (exact) mass is 318 g/mol. The zero-order chi connectivity index (χ0) is 15.6. The SMILES string of the molecule is Nc1cc(S(=O)(=O)NCCCC(F)(F)F)c(F)cc1F. The summed E-state index contributed by atoms with van der Waals surface area (Å²) in [6, 6.07) is 0.858. The van der Waals surface area contributed by atoms with Gasteiger partial charge in [-0.15, -0.1) is 0 Å². The second kappa shape index (κ2) is 5.92. The smallest absolute Gasteiger partial charge is 0.389 e. The minimum atomic E-state index is -4.41. The van der Waals surface area contributed by atoms with E-state index in [9.17, 15) is 30.4 Å². The molecule has 1 aromatic rings. The number of halogens is 5. The molecule has 20 heavy (non-hydrogen) atoms. The van der Waals surface area contributed by atoms with Crippen molar-refractivity contribution in [3.8, 4) is 0 Å². The largest absolute Gasteiger partial charge is 0.396 e. The Labute approximate surface area is 111 Å². The Morgan fingerprint density at radius 2 is 1.75 bits per heavy atom. The third kappa shape index (κ3) is 4.60. The minimum absolute atomic E-state index is 0.291. The molecule has 1 rings (SSSR count). The summed E-state index contributed by atoms with van der Waals surface area (Å²) >= 11 is 0. The van der Waals surface area contributed by atoms with Gasteiger partial charge in [0.25, 0.3) is 0 Å². The third-order valence-corrected chi connectivity index (χ3v) is 3.75. The number of benzene rings is 1. The molecule has 0 fully saturated rings. The number of hydrogen-bond acceptors (Lipinski definition) is 3. The summed E-state index contributed by atoms with van der Waals surface area (Å²) in [5, 5.41) is 0. The van der Waals surface area contributed by atoms with Crippen molar-refractivity contribution in [2.45, 2.75) is 23.9 Å². The van der Waals surface area contributed by atoms with E-state index in [1.165, 1.54) is 0 Å². The molecule has 10 heteroatoms. The Bertz CT molecular complexity index is 586. The molecule has 0 saturated heterocycles. The summed E-state index contributed by atoms with van der Waals surface area (Å²) in [6.07, 6.45) is -6.08. The average Bonchev–Trinajstić information content (AvgIpc) is 2.28. The van der Waals surface area contributed by atoms with Crippen molar-refractivity contribution < 1.29 is 30.4 Å². The molecule has 0 saturated carbocycles. The first kappa shape index (κ1) is 16.6. The number of sulfonamides is 1. The molecule has 0 aliphatic rings. The van der Waals surface area contributed by atoms with Crippen molar-refractivity contribution in [3.63, 3.8) is 0 Å². The molecule has 0 atom stereocenters. The van der Waals surface area contributed by atoms with Gasteiger partial charge in [0.1, 0.15) is 16.5 Å². The number of alkyl halides is 3. The quantitative estimate of drug-likeness (QED) is 0.496. The Morgan fingerprint density at radius 3 is 2.30 bits per heavy atom. The molecule has 0 radical (unpaired) electrons. The first-order valence-corrected chi connectivity index (χ1v) is 6.82. The van der Waals surface area contributed by atoms with Gasteiger partial charge >= 0.3 is 6.18 Å². The highest BCUT2D eigenvalue weighted by Crippen LogP contribution is 2.22. The van der Waals surface area contributed by atoms with Crippen molar-refractivity contribution >= 4 is 15.7 Å². The lowest BCUT2D eigenvalue weighted by Gasteiger charge is -2.10. The van der Waals surface area contributed by atoms with Gasteiger partial charge in [-0.2, -0.15) is 13.2 Å². The molecule has 0 unspecified atom stereocenters. The fraction of sp³-hybridized carbons (Fsp3) is 0.400. The standard InChI is InChI=1S/C10H11F5N2O2S/c11-6-4-7(12)9(5-8(6)16)20(18,19)17-3-1-2-10(13,14)15/h4-5,17H,1-3,16H2. The van der Waals surface area contributed by atoms with Crippen LogP contribution in [0.5, 0.6) is 0 Å². The molecule has 114 valence electrons.